The van der Waals surface area contributed by atoms with Gasteiger partial charge in [0, 0.05) is 21.9 Å². The predicted molar refractivity (Wildman–Crippen MR) is 111 cm³/mol. The molecule has 0 spiro atoms. The number of hydrogen-bond acceptors (Lipinski definition) is 2. The van der Waals surface area contributed by atoms with Gasteiger partial charge in [0.1, 0.15) is 11.5 Å². The number of unbranched alkanes of at least 4 members (excludes halogenated alkanes) is 4. The van der Waals surface area contributed by atoms with Gasteiger partial charge in [0.25, 0.3) is 0 Å². The first-order valence-electron chi connectivity index (χ1n) is 10.3. The van der Waals surface area contributed by atoms with Crippen LogP contribution in [0.15, 0.2) is 36.4 Å². The molecule has 2 nitrogen and oxygen atoms in total. The quantitative estimate of drug-likeness (QED) is 0.353. The van der Waals surface area contributed by atoms with E-state index in [9.17, 15) is 0 Å². The number of hydrogen-bond donors (Lipinski definition) is 0. The minimum Gasteiger partial charge on any atom is -0.493 e. The van der Waals surface area contributed by atoms with Crippen molar-refractivity contribution < 1.29 is 9.47 Å². The molecule has 3 rings (SSSR count). The standard InChI is InChI=1S/C24H32O2/c1-3-5-11-17-25-23-19-13-7-9-15-21(19)24(26-18-12-6-4-2)22-16-10-8-14-20(22)23/h7-10,13,15H,3-6,11-12,14,16-18H2,1-2H3. The van der Waals surface area contributed by atoms with Gasteiger partial charge >= 0.3 is 0 Å². The number of rotatable bonds is 10. The maximum atomic E-state index is 6.33. The zero-order valence-corrected chi connectivity index (χ0v) is 16.4. The van der Waals surface area contributed by atoms with Gasteiger partial charge in [-0.1, -0.05) is 75.9 Å². The highest BCUT2D eigenvalue weighted by Crippen LogP contribution is 2.43. The number of allylic oxidation sites excluding steroid dienone is 2. The van der Waals surface area contributed by atoms with Crippen molar-refractivity contribution in [3.8, 4) is 11.5 Å². The molecule has 0 radical (unpaired) electrons. The summed E-state index contributed by atoms with van der Waals surface area (Å²) in [6, 6.07) is 8.57. The van der Waals surface area contributed by atoms with Crippen LogP contribution in [0.1, 0.15) is 63.5 Å². The summed E-state index contributed by atoms with van der Waals surface area (Å²) in [4.78, 5) is 0. The SMILES string of the molecule is CCCCCOc1c2c(c(OCCCCC)c3ccccc13)CC=CC2. The second-order valence-electron chi connectivity index (χ2n) is 7.15. The van der Waals surface area contributed by atoms with Crippen molar-refractivity contribution >= 4 is 10.8 Å². The van der Waals surface area contributed by atoms with E-state index < -0.39 is 0 Å². The van der Waals surface area contributed by atoms with E-state index in [2.05, 4.69) is 50.3 Å². The molecular weight excluding hydrogens is 320 g/mol. The van der Waals surface area contributed by atoms with Gasteiger partial charge in [0.15, 0.2) is 0 Å². The molecule has 2 aromatic carbocycles. The van der Waals surface area contributed by atoms with Crippen LogP contribution in [-0.2, 0) is 12.8 Å². The lowest BCUT2D eigenvalue weighted by atomic mass is 9.90. The fourth-order valence-electron chi connectivity index (χ4n) is 3.69. The summed E-state index contributed by atoms with van der Waals surface area (Å²) < 4.78 is 12.7. The Hall–Kier alpha value is -1.96. The van der Waals surface area contributed by atoms with Gasteiger partial charge in [-0.3, -0.25) is 0 Å². The van der Waals surface area contributed by atoms with Gasteiger partial charge in [-0.2, -0.15) is 0 Å². The molecule has 0 aliphatic heterocycles. The molecule has 0 aromatic heterocycles. The first-order valence-corrected chi connectivity index (χ1v) is 10.3. The minimum atomic E-state index is 0.796. The molecule has 2 heteroatoms. The Bertz CT molecular complexity index is 683. The first-order chi connectivity index (χ1) is 12.9. The third-order valence-electron chi connectivity index (χ3n) is 5.13. The van der Waals surface area contributed by atoms with Crippen molar-refractivity contribution in [2.45, 2.75) is 65.2 Å². The van der Waals surface area contributed by atoms with Crippen molar-refractivity contribution in [1.82, 2.24) is 0 Å². The zero-order valence-electron chi connectivity index (χ0n) is 16.4. The third kappa shape index (κ3) is 4.23. The zero-order chi connectivity index (χ0) is 18.2. The van der Waals surface area contributed by atoms with E-state index in [1.807, 2.05) is 0 Å². The van der Waals surface area contributed by atoms with Crippen LogP contribution < -0.4 is 9.47 Å². The second kappa shape index (κ2) is 9.66. The lowest BCUT2D eigenvalue weighted by Gasteiger charge is -2.23. The lowest BCUT2D eigenvalue weighted by Crippen LogP contribution is -2.09. The van der Waals surface area contributed by atoms with Gasteiger partial charge in [-0.25, -0.2) is 0 Å². The number of benzene rings is 2. The lowest BCUT2D eigenvalue weighted by molar-refractivity contribution is 0.299. The normalized spacial score (nSPS) is 13.0. The molecule has 2 aromatic rings. The van der Waals surface area contributed by atoms with Gasteiger partial charge in [0.2, 0.25) is 0 Å². The molecule has 0 saturated carbocycles. The fourth-order valence-corrected chi connectivity index (χ4v) is 3.69. The summed E-state index contributed by atoms with van der Waals surface area (Å²) in [7, 11) is 0. The maximum absolute atomic E-state index is 6.33. The van der Waals surface area contributed by atoms with Gasteiger partial charge < -0.3 is 9.47 Å². The van der Waals surface area contributed by atoms with E-state index in [1.54, 1.807) is 0 Å². The molecule has 0 saturated heterocycles. The van der Waals surface area contributed by atoms with E-state index in [1.165, 1.54) is 47.6 Å². The van der Waals surface area contributed by atoms with Crippen LogP contribution in [0.4, 0.5) is 0 Å². The van der Waals surface area contributed by atoms with Crippen LogP contribution in [0.2, 0.25) is 0 Å². The average molecular weight is 353 g/mol. The Labute approximate surface area is 158 Å². The molecule has 0 N–H and O–H groups in total. The van der Waals surface area contributed by atoms with Crippen LogP contribution in [0.5, 0.6) is 11.5 Å². The summed E-state index contributed by atoms with van der Waals surface area (Å²) in [5.74, 6) is 2.16. The fraction of sp³-hybridized carbons (Fsp3) is 0.500. The molecule has 0 unspecified atom stereocenters. The van der Waals surface area contributed by atoms with Crippen LogP contribution in [-0.4, -0.2) is 13.2 Å². The van der Waals surface area contributed by atoms with Crippen LogP contribution >= 0.6 is 0 Å². The highest BCUT2D eigenvalue weighted by molar-refractivity contribution is 5.96. The van der Waals surface area contributed by atoms with E-state index in [0.29, 0.717) is 0 Å². The first kappa shape index (κ1) is 18.8. The smallest absolute Gasteiger partial charge is 0.131 e. The molecule has 26 heavy (non-hydrogen) atoms. The third-order valence-corrected chi connectivity index (χ3v) is 5.13. The van der Waals surface area contributed by atoms with E-state index in [-0.39, 0.29) is 0 Å². The summed E-state index contributed by atoms with van der Waals surface area (Å²) in [6.07, 6.45) is 13.5. The Morgan fingerprint density at radius 3 is 1.58 bits per heavy atom. The van der Waals surface area contributed by atoms with Crippen molar-refractivity contribution in [2.24, 2.45) is 0 Å². The Morgan fingerprint density at radius 1 is 0.692 bits per heavy atom. The van der Waals surface area contributed by atoms with Crippen molar-refractivity contribution in [3.05, 3.63) is 47.5 Å². The summed E-state index contributed by atoms with van der Waals surface area (Å²) in [5, 5.41) is 2.40. The maximum Gasteiger partial charge on any atom is 0.131 e. The Kier molecular flexibility index (Phi) is 6.99. The van der Waals surface area contributed by atoms with Crippen molar-refractivity contribution in [3.63, 3.8) is 0 Å². The average Bonchev–Trinajstić information content (AvgIpc) is 2.69. The highest BCUT2D eigenvalue weighted by atomic mass is 16.5. The van der Waals surface area contributed by atoms with Crippen LogP contribution in [0, 0.1) is 0 Å². The molecule has 0 atom stereocenters. The predicted octanol–water partition coefficient (Wildman–Crippen LogP) is 6.63. The number of fused-ring (bicyclic) bond motifs is 2. The highest BCUT2D eigenvalue weighted by Gasteiger charge is 2.21. The topological polar surface area (TPSA) is 18.5 Å². The molecule has 0 amide bonds. The molecule has 1 aliphatic carbocycles. The number of ether oxygens (including phenoxy) is 2. The van der Waals surface area contributed by atoms with Crippen molar-refractivity contribution in [2.75, 3.05) is 13.2 Å². The minimum absolute atomic E-state index is 0.796. The molecular formula is C24H32O2. The van der Waals surface area contributed by atoms with Gasteiger partial charge in [0.05, 0.1) is 13.2 Å². The Morgan fingerprint density at radius 2 is 1.15 bits per heavy atom. The van der Waals surface area contributed by atoms with Crippen LogP contribution in [0.25, 0.3) is 10.8 Å². The molecule has 140 valence electrons. The van der Waals surface area contributed by atoms with Gasteiger partial charge in [-0.15, -0.1) is 0 Å². The summed E-state index contributed by atoms with van der Waals surface area (Å²) in [5.41, 5.74) is 2.65. The largest absolute Gasteiger partial charge is 0.493 e. The van der Waals surface area contributed by atoms with Gasteiger partial charge in [-0.05, 0) is 25.7 Å². The molecule has 0 fully saturated rings. The summed E-state index contributed by atoms with van der Waals surface area (Å²) >= 11 is 0. The summed E-state index contributed by atoms with van der Waals surface area (Å²) in [6.45, 7) is 6.05. The molecule has 0 heterocycles. The Balaban J connectivity index is 1.97. The van der Waals surface area contributed by atoms with E-state index in [4.69, 9.17) is 9.47 Å². The van der Waals surface area contributed by atoms with E-state index in [0.717, 1.165) is 50.4 Å². The van der Waals surface area contributed by atoms with Crippen molar-refractivity contribution in [1.29, 1.82) is 0 Å². The van der Waals surface area contributed by atoms with Crippen LogP contribution in [0.3, 0.4) is 0 Å². The molecule has 0 bridgehead atoms. The van der Waals surface area contributed by atoms with E-state index >= 15 is 0 Å². The monoisotopic (exact) mass is 352 g/mol. The molecule has 1 aliphatic rings. The second-order valence-corrected chi connectivity index (χ2v) is 7.15.